The summed E-state index contributed by atoms with van der Waals surface area (Å²) in [5.74, 6) is -0.485. The zero-order chi connectivity index (χ0) is 17.8. The molecule has 0 unspecified atom stereocenters. The van der Waals surface area contributed by atoms with Crippen LogP contribution in [0.15, 0.2) is 42.7 Å². The van der Waals surface area contributed by atoms with Crippen LogP contribution < -0.4 is 10.2 Å². The molecule has 0 bridgehead atoms. The van der Waals surface area contributed by atoms with Crippen molar-refractivity contribution in [1.29, 1.82) is 0 Å². The number of likely N-dealkylation sites (N-methyl/N-ethyl adjacent to an activating group) is 1. The van der Waals surface area contributed by atoms with E-state index in [-0.39, 0.29) is 17.8 Å². The highest BCUT2D eigenvalue weighted by Gasteiger charge is 2.21. The molecule has 1 aromatic heterocycles. The van der Waals surface area contributed by atoms with Gasteiger partial charge in [-0.3, -0.25) is 9.78 Å². The summed E-state index contributed by atoms with van der Waals surface area (Å²) in [6.45, 7) is 5.59. The van der Waals surface area contributed by atoms with Crippen molar-refractivity contribution in [2.24, 2.45) is 0 Å². The number of halogens is 1. The third-order valence-electron chi connectivity index (χ3n) is 4.59. The number of piperazine rings is 1. The molecule has 1 saturated heterocycles. The molecule has 0 aliphatic carbocycles. The molecule has 3 rings (SSSR count). The maximum absolute atomic E-state index is 13.8. The van der Waals surface area contributed by atoms with E-state index in [0.717, 1.165) is 37.4 Å². The van der Waals surface area contributed by atoms with Crippen LogP contribution in [-0.2, 0) is 0 Å². The molecule has 1 aliphatic heterocycles. The Bertz CT molecular complexity index is 729. The van der Waals surface area contributed by atoms with Crippen molar-refractivity contribution in [2.45, 2.75) is 13.0 Å². The molecule has 132 valence electrons. The number of hydrogen-bond donors (Lipinski definition) is 1. The maximum Gasteiger partial charge on any atom is 0.251 e. The summed E-state index contributed by atoms with van der Waals surface area (Å²) in [6, 6.07) is 7.83. The van der Waals surface area contributed by atoms with Crippen molar-refractivity contribution in [3.05, 3.63) is 59.7 Å². The van der Waals surface area contributed by atoms with Gasteiger partial charge in [0.15, 0.2) is 0 Å². The normalized spacial score (nSPS) is 16.5. The number of anilines is 1. The van der Waals surface area contributed by atoms with Crippen LogP contribution in [0, 0.1) is 5.82 Å². The lowest BCUT2D eigenvalue weighted by Crippen LogP contribution is -2.45. The summed E-state index contributed by atoms with van der Waals surface area (Å²) in [5.41, 5.74) is 2.32. The second kappa shape index (κ2) is 7.61. The molecule has 1 N–H and O–H groups in total. The summed E-state index contributed by atoms with van der Waals surface area (Å²) in [7, 11) is 2.10. The second-order valence-corrected chi connectivity index (χ2v) is 6.42. The predicted octanol–water partition coefficient (Wildman–Crippen LogP) is 2.46. The van der Waals surface area contributed by atoms with E-state index >= 15 is 0 Å². The average Bonchev–Trinajstić information content (AvgIpc) is 2.63. The SMILES string of the molecule is C[C@@H](NC(=O)c1ccncc1)c1cc(F)ccc1N1CCN(C)CC1. The minimum atomic E-state index is -0.300. The number of pyridine rings is 1. The molecule has 2 heterocycles. The topological polar surface area (TPSA) is 48.5 Å². The summed E-state index contributed by atoms with van der Waals surface area (Å²) in [4.78, 5) is 20.8. The number of rotatable bonds is 4. The summed E-state index contributed by atoms with van der Waals surface area (Å²) in [5, 5.41) is 2.96. The largest absolute Gasteiger partial charge is 0.369 e. The van der Waals surface area contributed by atoms with E-state index in [9.17, 15) is 9.18 Å². The zero-order valence-corrected chi connectivity index (χ0v) is 14.6. The number of amides is 1. The van der Waals surface area contributed by atoms with Gasteiger partial charge in [-0.15, -0.1) is 0 Å². The number of nitrogens with zero attached hydrogens (tertiary/aromatic N) is 3. The maximum atomic E-state index is 13.8. The van der Waals surface area contributed by atoms with Gasteiger partial charge in [-0.1, -0.05) is 0 Å². The van der Waals surface area contributed by atoms with Crippen LogP contribution in [0.5, 0.6) is 0 Å². The van der Waals surface area contributed by atoms with Gasteiger partial charge in [0.05, 0.1) is 6.04 Å². The van der Waals surface area contributed by atoms with Crippen LogP contribution in [0.25, 0.3) is 0 Å². The first-order valence-corrected chi connectivity index (χ1v) is 8.48. The molecule has 0 radical (unpaired) electrons. The number of nitrogens with one attached hydrogen (secondary N) is 1. The van der Waals surface area contributed by atoms with Crippen molar-refractivity contribution in [3.63, 3.8) is 0 Å². The van der Waals surface area contributed by atoms with Crippen molar-refractivity contribution < 1.29 is 9.18 Å². The minimum absolute atomic E-state index is 0.191. The Labute approximate surface area is 147 Å². The summed E-state index contributed by atoms with van der Waals surface area (Å²) < 4.78 is 13.8. The van der Waals surface area contributed by atoms with Crippen LogP contribution in [-0.4, -0.2) is 49.0 Å². The Morgan fingerprint density at radius 1 is 1.16 bits per heavy atom. The molecule has 1 fully saturated rings. The molecule has 1 aromatic carbocycles. The predicted molar refractivity (Wildman–Crippen MR) is 96.2 cm³/mol. The van der Waals surface area contributed by atoms with Gasteiger partial charge < -0.3 is 15.1 Å². The first-order chi connectivity index (χ1) is 12.0. The van der Waals surface area contributed by atoms with E-state index in [1.165, 1.54) is 12.1 Å². The van der Waals surface area contributed by atoms with E-state index in [1.807, 2.05) is 13.0 Å². The van der Waals surface area contributed by atoms with E-state index in [2.05, 4.69) is 27.1 Å². The Kier molecular flexibility index (Phi) is 5.28. The minimum Gasteiger partial charge on any atom is -0.369 e. The van der Waals surface area contributed by atoms with Crippen LogP contribution >= 0.6 is 0 Å². The highest BCUT2D eigenvalue weighted by molar-refractivity contribution is 5.94. The third kappa shape index (κ3) is 4.14. The third-order valence-corrected chi connectivity index (χ3v) is 4.59. The second-order valence-electron chi connectivity index (χ2n) is 6.42. The lowest BCUT2D eigenvalue weighted by atomic mass is 10.0. The van der Waals surface area contributed by atoms with Gasteiger partial charge in [0.2, 0.25) is 0 Å². The molecular weight excluding hydrogens is 319 g/mol. The van der Waals surface area contributed by atoms with E-state index in [0.29, 0.717) is 5.56 Å². The number of carbonyl (C=O) groups is 1. The van der Waals surface area contributed by atoms with Gasteiger partial charge in [0.1, 0.15) is 5.82 Å². The lowest BCUT2D eigenvalue weighted by Gasteiger charge is -2.36. The Morgan fingerprint density at radius 2 is 1.84 bits per heavy atom. The van der Waals surface area contributed by atoms with Crippen molar-refractivity contribution in [1.82, 2.24) is 15.2 Å². The number of aromatic nitrogens is 1. The fraction of sp³-hybridized carbons (Fsp3) is 0.368. The summed E-state index contributed by atoms with van der Waals surface area (Å²) >= 11 is 0. The van der Waals surface area contributed by atoms with Gasteiger partial charge >= 0.3 is 0 Å². The van der Waals surface area contributed by atoms with E-state index in [4.69, 9.17) is 0 Å². The smallest absolute Gasteiger partial charge is 0.251 e. The number of carbonyl (C=O) groups excluding carboxylic acids is 1. The molecular formula is C19H23FN4O. The molecule has 0 spiro atoms. The standard InChI is InChI=1S/C19H23FN4O/c1-14(22-19(25)15-5-7-21-8-6-15)17-13-16(20)3-4-18(17)24-11-9-23(2)10-12-24/h3-8,13-14H,9-12H2,1-2H3,(H,22,25)/t14-/m1/s1. The monoisotopic (exact) mass is 342 g/mol. The Hall–Kier alpha value is -2.47. The zero-order valence-electron chi connectivity index (χ0n) is 14.6. The average molecular weight is 342 g/mol. The molecule has 1 atom stereocenters. The fourth-order valence-corrected chi connectivity index (χ4v) is 3.07. The lowest BCUT2D eigenvalue weighted by molar-refractivity contribution is 0.0939. The summed E-state index contributed by atoms with van der Waals surface area (Å²) in [6.07, 6.45) is 3.16. The van der Waals surface area contributed by atoms with Gasteiger partial charge in [0.25, 0.3) is 5.91 Å². The van der Waals surface area contributed by atoms with Gasteiger partial charge in [-0.2, -0.15) is 0 Å². The van der Waals surface area contributed by atoms with Gasteiger partial charge in [0, 0.05) is 55.4 Å². The van der Waals surface area contributed by atoms with E-state index in [1.54, 1.807) is 24.5 Å². The van der Waals surface area contributed by atoms with Crippen LogP contribution in [0.1, 0.15) is 28.9 Å². The molecule has 1 aliphatic rings. The van der Waals surface area contributed by atoms with E-state index < -0.39 is 0 Å². The van der Waals surface area contributed by atoms with Gasteiger partial charge in [-0.25, -0.2) is 4.39 Å². The molecule has 1 amide bonds. The molecule has 2 aromatic rings. The van der Waals surface area contributed by atoms with Crippen LogP contribution in [0.3, 0.4) is 0 Å². The fourth-order valence-electron chi connectivity index (χ4n) is 3.07. The molecule has 25 heavy (non-hydrogen) atoms. The van der Waals surface area contributed by atoms with Crippen molar-refractivity contribution >= 4 is 11.6 Å². The van der Waals surface area contributed by atoms with Crippen molar-refractivity contribution in [2.75, 3.05) is 38.1 Å². The van der Waals surface area contributed by atoms with Crippen LogP contribution in [0.2, 0.25) is 0 Å². The van der Waals surface area contributed by atoms with Crippen molar-refractivity contribution in [3.8, 4) is 0 Å². The Morgan fingerprint density at radius 3 is 2.52 bits per heavy atom. The quantitative estimate of drug-likeness (QED) is 0.927. The highest BCUT2D eigenvalue weighted by atomic mass is 19.1. The molecule has 6 heteroatoms. The first kappa shape index (κ1) is 17.4. The number of hydrogen-bond acceptors (Lipinski definition) is 4. The molecule has 0 saturated carbocycles. The van der Waals surface area contributed by atoms with Crippen LogP contribution in [0.4, 0.5) is 10.1 Å². The highest BCUT2D eigenvalue weighted by Crippen LogP contribution is 2.28. The Balaban J connectivity index is 1.80. The van der Waals surface area contributed by atoms with Gasteiger partial charge in [-0.05, 0) is 44.3 Å². The molecule has 5 nitrogen and oxygen atoms in total. The first-order valence-electron chi connectivity index (χ1n) is 8.48. The number of benzene rings is 1.